The molecular weight excluding hydrogens is 600 g/mol. The predicted octanol–water partition coefficient (Wildman–Crippen LogP) is 0.826. The summed E-state index contributed by atoms with van der Waals surface area (Å²) < 4.78 is 0.296. The van der Waals surface area contributed by atoms with Crippen molar-refractivity contribution < 1.29 is 24.0 Å². The molecule has 0 saturated heterocycles. The van der Waals surface area contributed by atoms with E-state index in [1.54, 1.807) is 24.3 Å². The number of nitrogens with two attached hydrogens (primary N) is 1. The Balaban J connectivity index is 2.19. The molecule has 0 aliphatic rings. The number of halogens is 1. The van der Waals surface area contributed by atoms with Crippen molar-refractivity contribution in [3.05, 3.63) is 65.7 Å². The fourth-order valence-electron chi connectivity index (χ4n) is 3.53. The van der Waals surface area contributed by atoms with Gasteiger partial charge >= 0.3 is 0 Å². The number of unbranched alkanes of at least 4 members (excludes halogenated alkanes) is 1. The first-order valence-electron chi connectivity index (χ1n) is 12.1. The Morgan fingerprint density at radius 1 is 0.868 bits per heavy atom. The first kappa shape index (κ1) is 31.0. The molecule has 0 heterocycles. The highest BCUT2D eigenvalue weighted by atomic mass is 127. The molecule has 0 spiro atoms. The lowest BCUT2D eigenvalue weighted by atomic mass is 10.0. The van der Waals surface area contributed by atoms with Crippen molar-refractivity contribution in [3.63, 3.8) is 0 Å². The summed E-state index contributed by atoms with van der Waals surface area (Å²) in [6, 6.07) is 13.5. The average molecular weight is 631 g/mol. The Bertz CT molecular complexity index is 1100. The molecule has 2 radical (unpaired) electrons. The van der Waals surface area contributed by atoms with Crippen LogP contribution in [0.2, 0.25) is 0 Å². The Kier molecular flexibility index (Phi) is 13.5. The summed E-state index contributed by atoms with van der Waals surface area (Å²) in [5.41, 5.74) is 6.50. The van der Waals surface area contributed by atoms with Crippen LogP contribution < -0.4 is 27.0 Å². The van der Waals surface area contributed by atoms with Gasteiger partial charge < -0.3 is 31.8 Å². The van der Waals surface area contributed by atoms with Gasteiger partial charge in [-0.15, -0.1) is 0 Å². The van der Waals surface area contributed by atoms with Gasteiger partial charge in [0.25, 0.3) is 5.91 Å². The fourth-order valence-corrected chi connectivity index (χ4v) is 3.72. The largest absolute Gasteiger partial charge is 0.348 e. The van der Waals surface area contributed by atoms with E-state index < -0.39 is 35.5 Å². The van der Waals surface area contributed by atoms with Crippen LogP contribution in [0.5, 0.6) is 0 Å². The van der Waals surface area contributed by atoms with Crippen LogP contribution in [0.15, 0.2) is 54.6 Å². The van der Waals surface area contributed by atoms with Gasteiger partial charge in [0.2, 0.25) is 17.7 Å². The average Bonchev–Trinajstić information content (AvgIpc) is 2.91. The van der Waals surface area contributed by atoms with E-state index in [-0.39, 0.29) is 18.9 Å². The molecule has 10 nitrogen and oxygen atoms in total. The number of hydrogen-bond acceptors (Lipinski definition) is 6. The molecule has 2 aromatic carbocycles. The summed E-state index contributed by atoms with van der Waals surface area (Å²) in [5.74, 6) is -1.77. The molecule has 2 atom stereocenters. The molecule has 12 heteroatoms. The molecule has 200 valence electrons. The molecule has 2 aromatic rings. The van der Waals surface area contributed by atoms with Gasteiger partial charge in [-0.25, -0.2) is 0 Å². The van der Waals surface area contributed by atoms with Crippen molar-refractivity contribution in [2.24, 2.45) is 5.73 Å². The SMILES string of the molecule is [B]C(=O)CNC(=O)[C@H](CCCCN)NC(=O)[C@H](Cc1ccccc1)NC(=O)c1ccc(NC(=O)CI)cc1. The number of hydrogen-bond donors (Lipinski definition) is 5. The van der Waals surface area contributed by atoms with Crippen molar-refractivity contribution in [2.45, 2.75) is 37.8 Å². The highest BCUT2D eigenvalue weighted by molar-refractivity contribution is 14.1. The molecule has 0 aliphatic heterocycles. The summed E-state index contributed by atoms with van der Waals surface area (Å²) in [4.78, 5) is 61.7. The van der Waals surface area contributed by atoms with Gasteiger partial charge in [-0.2, -0.15) is 0 Å². The Morgan fingerprint density at radius 2 is 1.55 bits per heavy atom. The summed E-state index contributed by atoms with van der Waals surface area (Å²) in [6.45, 7) is 0.0668. The number of anilines is 1. The zero-order valence-corrected chi connectivity index (χ0v) is 23.0. The maximum Gasteiger partial charge on any atom is 0.251 e. The van der Waals surface area contributed by atoms with Gasteiger partial charge in [0.15, 0.2) is 7.85 Å². The second kappa shape index (κ2) is 16.6. The third-order valence-electron chi connectivity index (χ3n) is 5.47. The molecule has 2 rings (SSSR count). The van der Waals surface area contributed by atoms with Crippen molar-refractivity contribution in [1.29, 1.82) is 0 Å². The van der Waals surface area contributed by atoms with E-state index in [4.69, 9.17) is 13.6 Å². The third-order valence-corrected chi connectivity index (χ3v) is 6.17. The number of rotatable bonds is 15. The molecule has 0 aliphatic carbocycles. The van der Waals surface area contributed by atoms with Gasteiger partial charge in [0.1, 0.15) is 12.1 Å². The molecule has 0 unspecified atom stereocenters. The van der Waals surface area contributed by atoms with E-state index in [1.165, 1.54) is 0 Å². The lowest BCUT2D eigenvalue weighted by Crippen LogP contribution is -2.54. The van der Waals surface area contributed by atoms with Crippen LogP contribution in [0.1, 0.15) is 35.2 Å². The van der Waals surface area contributed by atoms with E-state index in [0.717, 1.165) is 5.56 Å². The minimum atomic E-state index is -0.996. The van der Waals surface area contributed by atoms with Crippen molar-refractivity contribution in [2.75, 3.05) is 22.8 Å². The van der Waals surface area contributed by atoms with Crippen LogP contribution >= 0.6 is 22.6 Å². The van der Waals surface area contributed by atoms with Crippen molar-refractivity contribution in [3.8, 4) is 0 Å². The van der Waals surface area contributed by atoms with Gasteiger partial charge in [0.05, 0.1) is 16.7 Å². The highest BCUT2D eigenvalue weighted by Crippen LogP contribution is 2.12. The predicted molar refractivity (Wildman–Crippen MR) is 154 cm³/mol. The summed E-state index contributed by atoms with van der Waals surface area (Å²) in [5, 5.41) is 10.6. The maximum absolute atomic E-state index is 13.3. The lowest BCUT2D eigenvalue weighted by Gasteiger charge is -2.23. The second-order valence-corrected chi connectivity index (χ2v) is 9.27. The number of carbonyl (C=O) groups is 5. The normalized spacial score (nSPS) is 12.1. The molecule has 0 saturated carbocycles. The maximum atomic E-state index is 13.3. The van der Waals surface area contributed by atoms with Crippen LogP contribution in [-0.4, -0.2) is 66.8 Å². The Labute approximate surface area is 236 Å². The van der Waals surface area contributed by atoms with E-state index in [9.17, 15) is 24.0 Å². The molecule has 0 fully saturated rings. The smallest absolute Gasteiger partial charge is 0.251 e. The van der Waals surface area contributed by atoms with E-state index in [1.807, 2.05) is 52.9 Å². The highest BCUT2D eigenvalue weighted by Gasteiger charge is 2.27. The van der Waals surface area contributed by atoms with Gasteiger partial charge in [-0.1, -0.05) is 52.9 Å². The first-order valence-corrected chi connectivity index (χ1v) is 13.6. The number of nitrogens with one attached hydrogen (secondary N) is 4. The van der Waals surface area contributed by atoms with Gasteiger partial charge in [-0.3, -0.25) is 19.2 Å². The van der Waals surface area contributed by atoms with Gasteiger partial charge in [0, 0.05) is 17.7 Å². The van der Waals surface area contributed by atoms with Gasteiger partial charge in [-0.05, 0) is 55.6 Å². The Morgan fingerprint density at radius 3 is 2.16 bits per heavy atom. The quantitative estimate of drug-likeness (QED) is 0.0848. The van der Waals surface area contributed by atoms with E-state index in [2.05, 4.69) is 21.3 Å². The zero-order chi connectivity index (χ0) is 27.9. The molecule has 0 aromatic heterocycles. The van der Waals surface area contributed by atoms with Crippen molar-refractivity contribution in [1.82, 2.24) is 16.0 Å². The van der Waals surface area contributed by atoms with E-state index >= 15 is 0 Å². The lowest BCUT2D eigenvalue weighted by molar-refractivity contribution is -0.130. The topological polar surface area (TPSA) is 159 Å². The summed E-state index contributed by atoms with van der Waals surface area (Å²) in [7, 11) is 5.12. The summed E-state index contributed by atoms with van der Waals surface area (Å²) in [6.07, 6.45) is 1.69. The number of alkyl halides is 1. The first-order chi connectivity index (χ1) is 18.2. The fraction of sp³-hybridized carbons (Fsp3) is 0.346. The van der Waals surface area contributed by atoms with Crippen molar-refractivity contribution >= 4 is 65.4 Å². The molecule has 0 bridgehead atoms. The Hall–Kier alpha value is -3.26. The molecular formula is C26H31BIN5O5. The van der Waals surface area contributed by atoms with Crippen LogP contribution in [0.25, 0.3) is 0 Å². The molecule has 6 N–H and O–H groups in total. The number of carbonyl (C=O) groups excluding carboxylic acids is 5. The number of amides is 4. The zero-order valence-electron chi connectivity index (χ0n) is 20.9. The monoisotopic (exact) mass is 631 g/mol. The molecule has 38 heavy (non-hydrogen) atoms. The standard InChI is InChI=1S/C26H31BIN5O5/c27-22(34)16-30-25(37)20(8-4-5-13-29)32-26(38)21(14-17-6-2-1-3-7-17)33-24(36)18-9-11-19(12-10-18)31-23(35)15-28/h1-3,6-7,9-12,20-21H,4-5,8,13-16,29H2,(H,30,37)(H,31,35)(H,32,38)(H,33,36)/t20-,21-/m0/s1. The van der Waals surface area contributed by atoms with Crippen LogP contribution in [0.3, 0.4) is 0 Å². The van der Waals surface area contributed by atoms with E-state index in [0.29, 0.717) is 41.5 Å². The van der Waals surface area contributed by atoms with Crippen LogP contribution in [0, 0.1) is 0 Å². The minimum absolute atomic E-state index is 0.164. The van der Waals surface area contributed by atoms with Crippen LogP contribution in [-0.2, 0) is 25.6 Å². The third kappa shape index (κ3) is 11.0. The second-order valence-electron chi connectivity index (χ2n) is 8.50. The minimum Gasteiger partial charge on any atom is -0.348 e. The number of benzene rings is 2. The summed E-state index contributed by atoms with van der Waals surface area (Å²) >= 11 is 1.95. The molecule has 4 amide bonds. The van der Waals surface area contributed by atoms with Crippen LogP contribution in [0.4, 0.5) is 5.69 Å².